The van der Waals surface area contributed by atoms with Crippen molar-refractivity contribution in [2.75, 3.05) is 39.6 Å². The summed E-state index contributed by atoms with van der Waals surface area (Å²) in [6, 6.07) is 0. The highest BCUT2D eigenvalue weighted by Gasteiger charge is 2.30. The fraction of sp³-hybridized carbons (Fsp3) is 0.946. The van der Waals surface area contributed by atoms with E-state index in [9.17, 15) is 43.2 Å². The second kappa shape index (κ2) is 66.0. The lowest BCUT2D eigenvalue weighted by atomic mass is 9.99. The summed E-state index contributed by atoms with van der Waals surface area (Å²) in [5.41, 5.74) is 0. The first-order chi connectivity index (χ1) is 44.9. The zero-order chi connectivity index (χ0) is 68.6. The van der Waals surface area contributed by atoms with Gasteiger partial charge in [-0.25, -0.2) is 9.13 Å². The van der Waals surface area contributed by atoms with Crippen LogP contribution in [0.3, 0.4) is 0 Å². The van der Waals surface area contributed by atoms with E-state index >= 15 is 0 Å². The van der Waals surface area contributed by atoms with Crippen LogP contribution in [0.15, 0.2) is 0 Å². The minimum Gasteiger partial charge on any atom is -0.462 e. The normalized spacial score (nSPS) is 14.6. The van der Waals surface area contributed by atoms with Crippen LogP contribution in [-0.4, -0.2) is 96.7 Å². The van der Waals surface area contributed by atoms with E-state index in [1.807, 2.05) is 0 Å². The number of aliphatic hydroxyl groups is 1. The Balaban J connectivity index is 5.27. The number of rotatable bonds is 73. The molecule has 0 amide bonds. The molecule has 0 aliphatic carbocycles. The Morgan fingerprint density at radius 1 is 0.301 bits per heavy atom. The van der Waals surface area contributed by atoms with E-state index in [2.05, 4.69) is 41.5 Å². The molecule has 7 atom stereocenters. The van der Waals surface area contributed by atoms with Gasteiger partial charge >= 0.3 is 39.5 Å². The number of hydrogen-bond donors (Lipinski definition) is 3. The van der Waals surface area contributed by atoms with Gasteiger partial charge in [-0.3, -0.25) is 37.3 Å². The van der Waals surface area contributed by atoms with Crippen molar-refractivity contribution in [3.8, 4) is 0 Å². The maximum absolute atomic E-state index is 13.1. The Kier molecular flexibility index (Phi) is 64.6. The summed E-state index contributed by atoms with van der Waals surface area (Å²) >= 11 is 0. The van der Waals surface area contributed by atoms with E-state index in [0.29, 0.717) is 25.7 Å². The standard InChI is InChI=1S/C74H144O17P2/c1-7-11-13-15-17-19-21-23-25-26-31-38-44-50-56-71(76)84-62-69(91-74(79)59-53-47-41-33-29-28-30-36-42-48-54-66(5)9-3)64-88-92(80,81)86-60-68(75)61-87-93(82,83)89-65-70(63-85-72(77)57-51-45-39-35-34-37-43-49-55-67(6)10-4)90-73(78)58-52-46-40-32-27-24-22-20-18-16-14-12-8-2/h66-70,75H,7-65H2,1-6H3,(H,80,81)(H,82,83)/t66?,67?,68-,69-,70-/m1/s1. The predicted octanol–water partition coefficient (Wildman–Crippen LogP) is 21.6. The molecule has 0 aliphatic heterocycles. The predicted molar refractivity (Wildman–Crippen MR) is 377 cm³/mol. The van der Waals surface area contributed by atoms with Gasteiger partial charge in [0.15, 0.2) is 12.2 Å². The molecule has 0 aliphatic rings. The van der Waals surface area contributed by atoms with Crippen molar-refractivity contribution in [2.45, 2.75) is 400 Å². The summed E-state index contributed by atoms with van der Waals surface area (Å²) < 4.78 is 68.5. The molecular weight excluding hydrogens is 1220 g/mol. The smallest absolute Gasteiger partial charge is 0.462 e. The molecular formula is C74H144O17P2. The van der Waals surface area contributed by atoms with Crippen LogP contribution in [0.2, 0.25) is 0 Å². The molecule has 0 aromatic heterocycles. The Labute approximate surface area is 568 Å². The van der Waals surface area contributed by atoms with Crippen LogP contribution < -0.4 is 0 Å². The largest absolute Gasteiger partial charge is 0.472 e. The summed E-state index contributed by atoms with van der Waals surface area (Å²) in [5, 5.41) is 10.6. The molecule has 0 rings (SSSR count). The molecule has 0 spiro atoms. The lowest BCUT2D eigenvalue weighted by Gasteiger charge is -2.21. The Hall–Kier alpha value is -1.94. The highest BCUT2D eigenvalue weighted by atomic mass is 31.2. The van der Waals surface area contributed by atoms with Gasteiger partial charge in [-0.1, -0.05) is 330 Å². The molecule has 93 heavy (non-hydrogen) atoms. The summed E-state index contributed by atoms with van der Waals surface area (Å²) in [4.78, 5) is 72.8. The fourth-order valence-corrected chi connectivity index (χ4v) is 12.8. The fourth-order valence-electron chi connectivity index (χ4n) is 11.2. The van der Waals surface area contributed by atoms with Crippen LogP contribution in [0.4, 0.5) is 0 Å². The number of carbonyl (C=O) groups is 4. The van der Waals surface area contributed by atoms with Gasteiger partial charge < -0.3 is 33.8 Å². The number of esters is 4. The van der Waals surface area contributed by atoms with Crippen molar-refractivity contribution < 1.29 is 80.2 Å². The van der Waals surface area contributed by atoms with Crippen molar-refractivity contribution in [1.29, 1.82) is 0 Å². The first-order valence-corrected chi connectivity index (χ1v) is 41.6. The summed E-state index contributed by atoms with van der Waals surface area (Å²) in [6.07, 6.45) is 52.4. The molecule has 3 N–H and O–H groups in total. The van der Waals surface area contributed by atoms with Gasteiger partial charge in [0, 0.05) is 25.7 Å². The average molecular weight is 1370 g/mol. The van der Waals surface area contributed by atoms with Gasteiger partial charge in [-0.05, 0) is 37.5 Å². The third kappa shape index (κ3) is 65.8. The molecule has 0 saturated carbocycles. The average Bonchev–Trinajstić information content (AvgIpc) is 3.75. The number of phosphoric acid groups is 2. The Morgan fingerprint density at radius 3 is 0.763 bits per heavy atom. The third-order valence-electron chi connectivity index (χ3n) is 17.9. The minimum absolute atomic E-state index is 0.107. The van der Waals surface area contributed by atoms with Crippen LogP contribution in [-0.2, 0) is 65.4 Å². The number of aliphatic hydroxyl groups excluding tert-OH is 1. The topological polar surface area (TPSA) is 237 Å². The first-order valence-electron chi connectivity index (χ1n) is 38.6. The van der Waals surface area contributed by atoms with Crippen LogP contribution in [0, 0.1) is 11.8 Å². The molecule has 0 radical (unpaired) electrons. The Morgan fingerprint density at radius 2 is 0.516 bits per heavy atom. The molecule has 552 valence electrons. The molecule has 0 fully saturated rings. The molecule has 0 aromatic rings. The summed E-state index contributed by atoms with van der Waals surface area (Å²) in [5.74, 6) is -0.535. The van der Waals surface area contributed by atoms with Gasteiger partial charge in [0.05, 0.1) is 26.4 Å². The lowest BCUT2D eigenvalue weighted by Crippen LogP contribution is -2.30. The maximum Gasteiger partial charge on any atom is 0.472 e. The van der Waals surface area contributed by atoms with Crippen molar-refractivity contribution in [2.24, 2.45) is 11.8 Å². The minimum atomic E-state index is -4.96. The van der Waals surface area contributed by atoms with Crippen molar-refractivity contribution in [1.82, 2.24) is 0 Å². The van der Waals surface area contributed by atoms with E-state index in [4.69, 9.17) is 37.0 Å². The van der Waals surface area contributed by atoms with Gasteiger partial charge in [-0.2, -0.15) is 0 Å². The summed E-state index contributed by atoms with van der Waals surface area (Å²) in [7, 11) is -9.91. The van der Waals surface area contributed by atoms with Crippen LogP contribution >= 0.6 is 15.6 Å². The lowest BCUT2D eigenvalue weighted by molar-refractivity contribution is -0.161. The SMILES string of the molecule is CCCCCCCCCCCCCCCCC(=O)OC[C@H](COP(=O)(O)OC[C@@H](O)COP(=O)(O)OC[C@@H](COC(=O)CCCCCCCCCCC(C)CC)OC(=O)CCCCCCCCCCCCCCC)OC(=O)CCCCCCCCCCCCC(C)CC. The van der Waals surface area contributed by atoms with Crippen LogP contribution in [0.1, 0.15) is 382 Å². The quantitative estimate of drug-likeness (QED) is 0.0222. The third-order valence-corrected chi connectivity index (χ3v) is 19.8. The number of hydrogen-bond acceptors (Lipinski definition) is 15. The monoisotopic (exact) mass is 1370 g/mol. The maximum atomic E-state index is 13.1. The number of unbranched alkanes of at least 4 members (excludes halogenated alkanes) is 41. The van der Waals surface area contributed by atoms with E-state index in [-0.39, 0.29) is 25.7 Å². The van der Waals surface area contributed by atoms with Gasteiger partial charge in [0.1, 0.15) is 19.3 Å². The molecule has 4 unspecified atom stereocenters. The molecule has 0 aromatic carbocycles. The van der Waals surface area contributed by atoms with E-state index in [0.717, 1.165) is 102 Å². The van der Waals surface area contributed by atoms with E-state index < -0.39 is 97.5 Å². The molecule has 0 bridgehead atoms. The van der Waals surface area contributed by atoms with Crippen molar-refractivity contribution >= 4 is 39.5 Å². The first kappa shape index (κ1) is 91.1. The van der Waals surface area contributed by atoms with E-state index in [1.54, 1.807) is 0 Å². The molecule has 0 saturated heterocycles. The zero-order valence-corrected chi connectivity index (χ0v) is 62.3. The van der Waals surface area contributed by atoms with Crippen LogP contribution in [0.25, 0.3) is 0 Å². The van der Waals surface area contributed by atoms with Gasteiger partial charge in [0.25, 0.3) is 0 Å². The highest BCUT2D eigenvalue weighted by Crippen LogP contribution is 2.45. The second-order valence-corrected chi connectivity index (χ2v) is 30.1. The van der Waals surface area contributed by atoms with Gasteiger partial charge in [-0.15, -0.1) is 0 Å². The van der Waals surface area contributed by atoms with Crippen molar-refractivity contribution in [3.63, 3.8) is 0 Å². The number of phosphoric ester groups is 2. The molecule has 19 heteroatoms. The highest BCUT2D eigenvalue weighted by molar-refractivity contribution is 7.47. The van der Waals surface area contributed by atoms with Gasteiger partial charge in [0.2, 0.25) is 0 Å². The van der Waals surface area contributed by atoms with Crippen molar-refractivity contribution in [3.05, 3.63) is 0 Å². The number of carbonyl (C=O) groups excluding carboxylic acids is 4. The summed E-state index contributed by atoms with van der Waals surface area (Å²) in [6.45, 7) is 9.62. The van der Waals surface area contributed by atoms with Crippen LogP contribution in [0.5, 0.6) is 0 Å². The second-order valence-electron chi connectivity index (χ2n) is 27.2. The zero-order valence-electron chi connectivity index (χ0n) is 60.6. The van der Waals surface area contributed by atoms with E-state index in [1.165, 1.54) is 199 Å². The number of ether oxygens (including phenoxy) is 4. The molecule has 17 nitrogen and oxygen atoms in total. The Bertz CT molecular complexity index is 1810. The molecule has 0 heterocycles.